The number of hydrogen-bond donors (Lipinski definition) is 6. The molecule has 3 aromatic carbocycles. The SMILES string of the molecule is CC(C)(C)C(NC(=O)COCCCCCNc1ccc(C(=O)N[C@H]2C(C)(C)[C@H](Oc3ccc(C#N)c(Cl)c3)C2(C)C)cc1)C(=O)N1C[C@H](O)C[C@H]1C(=O)NCc1ccc(-c2scnc2C(=O)O)cc1. The van der Waals surface area contributed by atoms with Gasteiger partial charge in [-0.3, -0.25) is 19.2 Å². The number of halogens is 1. The number of rotatable bonds is 20. The van der Waals surface area contributed by atoms with Crippen LogP contribution in [0.25, 0.3) is 10.4 Å². The molecule has 1 saturated heterocycles. The second-order valence-electron chi connectivity index (χ2n) is 19.9. The molecule has 16 nitrogen and oxygen atoms in total. The highest BCUT2D eigenvalue weighted by atomic mass is 35.5. The van der Waals surface area contributed by atoms with E-state index in [1.54, 1.807) is 54.6 Å². The minimum Gasteiger partial charge on any atom is -0.489 e. The largest absolute Gasteiger partial charge is 0.489 e. The highest BCUT2D eigenvalue weighted by Crippen LogP contribution is 2.55. The number of aliphatic hydroxyl groups excluding tert-OH is 1. The third-order valence-corrected chi connectivity index (χ3v) is 14.0. The van der Waals surface area contributed by atoms with Gasteiger partial charge in [-0.15, -0.1) is 11.3 Å². The van der Waals surface area contributed by atoms with Crippen molar-refractivity contribution in [3.63, 3.8) is 0 Å². The van der Waals surface area contributed by atoms with Gasteiger partial charge in [0.25, 0.3) is 5.91 Å². The molecule has 1 aliphatic carbocycles. The Morgan fingerprint density at radius 1 is 0.986 bits per heavy atom. The normalized spacial score (nSPS) is 19.6. The number of nitriles is 1. The zero-order valence-electron chi connectivity index (χ0n) is 40.1. The summed E-state index contributed by atoms with van der Waals surface area (Å²) in [7, 11) is 0. The van der Waals surface area contributed by atoms with E-state index >= 15 is 0 Å². The number of likely N-dealkylation sites (tertiary alicyclic amines) is 1. The fraction of sp³-hybridized carbons (Fsp3) is 0.471. The van der Waals surface area contributed by atoms with Gasteiger partial charge in [0.05, 0.1) is 27.1 Å². The van der Waals surface area contributed by atoms with Gasteiger partial charge in [0.2, 0.25) is 17.7 Å². The molecule has 6 rings (SSSR count). The third kappa shape index (κ3) is 12.6. The summed E-state index contributed by atoms with van der Waals surface area (Å²) < 4.78 is 12.0. The average Bonchev–Trinajstić information content (AvgIpc) is 3.96. The van der Waals surface area contributed by atoms with E-state index in [-0.39, 0.29) is 60.7 Å². The van der Waals surface area contributed by atoms with Gasteiger partial charge in [0, 0.05) is 66.9 Å². The number of carbonyl (C=O) groups is 5. The molecular formula is C51H62ClN7O9S. The molecule has 18 heteroatoms. The maximum atomic E-state index is 14.0. The quantitative estimate of drug-likeness (QED) is 0.0489. The molecule has 0 bridgehead atoms. The summed E-state index contributed by atoms with van der Waals surface area (Å²) in [6.07, 6.45) is 1.30. The number of nitrogens with one attached hydrogen (secondary N) is 4. The molecule has 69 heavy (non-hydrogen) atoms. The summed E-state index contributed by atoms with van der Waals surface area (Å²) in [5, 5.41) is 41.8. The predicted molar refractivity (Wildman–Crippen MR) is 263 cm³/mol. The number of benzene rings is 3. The first-order valence-corrected chi connectivity index (χ1v) is 24.3. The number of thiazole rings is 1. The fourth-order valence-electron chi connectivity index (χ4n) is 9.46. The maximum Gasteiger partial charge on any atom is 0.356 e. The lowest BCUT2D eigenvalue weighted by Crippen LogP contribution is -2.74. The van der Waals surface area contributed by atoms with Gasteiger partial charge in [-0.1, -0.05) is 84.3 Å². The van der Waals surface area contributed by atoms with E-state index in [4.69, 9.17) is 21.1 Å². The van der Waals surface area contributed by atoms with Crippen molar-refractivity contribution in [1.29, 1.82) is 5.26 Å². The number of anilines is 1. The maximum absolute atomic E-state index is 14.0. The highest BCUT2D eigenvalue weighted by molar-refractivity contribution is 7.13. The van der Waals surface area contributed by atoms with Crippen LogP contribution in [0.15, 0.2) is 72.2 Å². The number of carboxylic acids is 1. The lowest BCUT2D eigenvalue weighted by atomic mass is 9.49. The Bertz CT molecular complexity index is 2520. The van der Waals surface area contributed by atoms with Crippen LogP contribution in [0.3, 0.4) is 0 Å². The van der Waals surface area contributed by atoms with E-state index in [1.807, 2.05) is 32.9 Å². The number of aliphatic hydroxyl groups is 1. The molecule has 4 aromatic rings. The van der Waals surface area contributed by atoms with E-state index in [1.165, 1.54) is 21.7 Å². The van der Waals surface area contributed by atoms with Crippen LogP contribution in [0.1, 0.15) is 106 Å². The first-order chi connectivity index (χ1) is 32.6. The van der Waals surface area contributed by atoms with Crippen molar-refractivity contribution >= 4 is 58.2 Å². The molecule has 2 heterocycles. The second kappa shape index (κ2) is 22.1. The monoisotopic (exact) mass is 983 g/mol. The number of nitrogens with zero attached hydrogens (tertiary/aromatic N) is 3. The molecule has 6 N–H and O–H groups in total. The summed E-state index contributed by atoms with van der Waals surface area (Å²) in [6.45, 7) is 14.6. The van der Waals surface area contributed by atoms with Crippen LogP contribution >= 0.6 is 22.9 Å². The highest BCUT2D eigenvalue weighted by Gasteiger charge is 2.64. The first kappa shape index (κ1) is 52.3. The molecule has 1 unspecified atom stereocenters. The number of ether oxygens (including phenoxy) is 2. The van der Waals surface area contributed by atoms with E-state index in [0.717, 1.165) is 24.1 Å². The average molecular weight is 985 g/mol. The van der Waals surface area contributed by atoms with Crippen molar-refractivity contribution < 1.29 is 43.7 Å². The topological polar surface area (TPSA) is 232 Å². The van der Waals surface area contributed by atoms with E-state index in [0.29, 0.717) is 51.9 Å². The molecule has 4 amide bonds. The number of carboxylic acid groups (broad SMARTS) is 1. The number of β-amino-alcohol motifs (C(OH)–C–C–N with tert-alkyl or cyclic N) is 1. The van der Waals surface area contributed by atoms with Crippen LogP contribution in [0.5, 0.6) is 5.75 Å². The van der Waals surface area contributed by atoms with Gasteiger partial charge >= 0.3 is 5.97 Å². The van der Waals surface area contributed by atoms with Crippen LogP contribution < -0.4 is 26.0 Å². The number of unbranched alkanes of at least 4 members (excludes halogenated alkanes) is 2. The molecule has 0 radical (unpaired) electrons. The van der Waals surface area contributed by atoms with Gasteiger partial charge in [-0.25, -0.2) is 9.78 Å². The fourth-order valence-corrected chi connectivity index (χ4v) is 10.5. The molecule has 1 aromatic heterocycles. The van der Waals surface area contributed by atoms with Crippen molar-refractivity contribution in [1.82, 2.24) is 25.8 Å². The number of aromatic carboxylic acids is 1. The van der Waals surface area contributed by atoms with Crippen LogP contribution in [-0.2, 0) is 25.7 Å². The van der Waals surface area contributed by atoms with Crippen LogP contribution in [0, 0.1) is 27.6 Å². The van der Waals surface area contributed by atoms with Crippen LogP contribution in [-0.4, -0.2) is 106 Å². The summed E-state index contributed by atoms with van der Waals surface area (Å²) in [4.78, 5) is 71.1. The minimum atomic E-state index is -1.11. The lowest BCUT2D eigenvalue weighted by molar-refractivity contribution is -0.164. The smallest absolute Gasteiger partial charge is 0.356 e. The van der Waals surface area contributed by atoms with Gasteiger partial charge < -0.3 is 45.9 Å². The Balaban J connectivity index is 0.882. The summed E-state index contributed by atoms with van der Waals surface area (Å²) >= 11 is 7.46. The molecule has 2 fully saturated rings. The van der Waals surface area contributed by atoms with Crippen LogP contribution in [0.4, 0.5) is 5.69 Å². The number of hydrogen-bond acceptors (Lipinski definition) is 12. The lowest BCUT2D eigenvalue weighted by Gasteiger charge is -2.63. The Morgan fingerprint density at radius 3 is 2.32 bits per heavy atom. The Labute approximate surface area is 412 Å². The van der Waals surface area contributed by atoms with Gasteiger partial charge in [-0.05, 0) is 72.2 Å². The van der Waals surface area contributed by atoms with Crippen molar-refractivity contribution in [3.05, 3.63) is 99.6 Å². The third-order valence-electron chi connectivity index (χ3n) is 12.8. The van der Waals surface area contributed by atoms with Gasteiger partial charge in [0.1, 0.15) is 36.6 Å². The Morgan fingerprint density at radius 2 is 1.68 bits per heavy atom. The molecule has 1 aliphatic heterocycles. The number of amides is 4. The Kier molecular flexibility index (Phi) is 16.8. The number of aromatic nitrogens is 1. The molecular weight excluding hydrogens is 922 g/mol. The standard InChI is InChI=1S/C51H62ClN7O9S/c1-49(2,3)42(45(64)59-27-35(60)23-38(59)44(63)55-26-30-11-13-31(14-12-30)41-40(46(65)66)56-29-69-41)57-39(61)28-67-22-10-8-9-21-54-34-18-15-32(16-19-34)43(62)58-47-50(4,5)48(51(47,6)7)68-36-20-17-33(25-53)37(52)24-36/h11-20,24,29,35,38,42,47-48,54,60H,8-10,21-23,26-28H2,1-7H3,(H,55,63)(H,57,61)(H,58,62)(H,65,66)/t35-,38+,42?,47-,48-/m1/s1. The van der Waals surface area contributed by atoms with Gasteiger partial charge in [-0.2, -0.15) is 5.26 Å². The Hall–Kier alpha value is -6.06. The van der Waals surface area contributed by atoms with E-state index in [2.05, 4.69) is 60.0 Å². The zero-order valence-corrected chi connectivity index (χ0v) is 41.6. The molecule has 2 aliphatic rings. The van der Waals surface area contributed by atoms with E-state index < -0.39 is 47.3 Å². The van der Waals surface area contributed by atoms with Crippen molar-refractivity contribution in [2.75, 3.05) is 31.6 Å². The van der Waals surface area contributed by atoms with Crippen molar-refractivity contribution in [2.45, 2.75) is 111 Å². The molecule has 0 spiro atoms. The van der Waals surface area contributed by atoms with E-state index in [9.17, 15) is 39.4 Å². The predicted octanol–water partition coefficient (Wildman–Crippen LogP) is 7.05. The van der Waals surface area contributed by atoms with Crippen molar-refractivity contribution in [2.24, 2.45) is 16.2 Å². The van der Waals surface area contributed by atoms with Gasteiger partial charge in [0.15, 0.2) is 5.69 Å². The van der Waals surface area contributed by atoms with Crippen molar-refractivity contribution in [3.8, 4) is 22.3 Å². The zero-order chi connectivity index (χ0) is 50.3. The molecule has 1 saturated carbocycles. The number of carbonyl (C=O) groups excluding carboxylic acids is 4. The van der Waals surface area contributed by atoms with Crippen LogP contribution in [0.2, 0.25) is 5.02 Å². The molecule has 3 atom stereocenters. The second-order valence-corrected chi connectivity index (χ2v) is 21.2. The minimum absolute atomic E-state index is 0.0268. The summed E-state index contributed by atoms with van der Waals surface area (Å²) in [5.41, 5.74) is 3.19. The molecule has 368 valence electrons. The summed E-state index contributed by atoms with van der Waals surface area (Å²) in [5.74, 6) is -2.10. The first-order valence-electron chi connectivity index (χ1n) is 23.0. The summed E-state index contributed by atoms with van der Waals surface area (Å²) in [6, 6.07) is 19.4.